The van der Waals surface area contributed by atoms with Crippen LogP contribution in [0.3, 0.4) is 0 Å². The maximum Gasteiger partial charge on any atom is 0.289 e. The van der Waals surface area contributed by atoms with Gasteiger partial charge in [0.2, 0.25) is 5.82 Å². The first-order valence-corrected chi connectivity index (χ1v) is 11.8. The maximum absolute atomic E-state index is 12.7. The van der Waals surface area contributed by atoms with E-state index < -0.39 is 0 Å². The first-order chi connectivity index (χ1) is 15.2. The van der Waals surface area contributed by atoms with Gasteiger partial charge in [-0.25, -0.2) is 9.97 Å². The topological polar surface area (TPSA) is 91.3 Å². The summed E-state index contributed by atoms with van der Waals surface area (Å²) in [4.78, 5) is 27.0. The fourth-order valence-corrected chi connectivity index (χ4v) is 4.59. The Morgan fingerprint density at radius 2 is 2.03 bits per heavy atom. The standard InChI is InChI=1S/C24H32N6O/c1-15-8-11-18-17(13-15)22(30-23(28-18)24(31)26-14-16-9-10-16)29-20-6-3-2-5-19(20)27-21-7-4-12-25-21/h8,11,13,16,19-20H,2-7,9-10,12,14H2,1H3,(H,25,27)(H,26,31)(H,28,29,30)/t19-,20+/m1/s1. The normalized spacial score (nSPS) is 24.9. The minimum atomic E-state index is -0.187. The van der Waals surface area contributed by atoms with Gasteiger partial charge in [0.15, 0.2) is 0 Å². The lowest BCUT2D eigenvalue weighted by Gasteiger charge is -2.30. The number of benzene rings is 1. The molecule has 2 atom stereocenters. The van der Waals surface area contributed by atoms with Crippen molar-refractivity contribution in [3.8, 4) is 0 Å². The van der Waals surface area contributed by atoms with Crippen molar-refractivity contribution in [3.63, 3.8) is 0 Å². The van der Waals surface area contributed by atoms with E-state index in [1.165, 1.54) is 32.1 Å². The third-order valence-corrected chi connectivity index (χ3v) is 6.60. The smallest absolute Gasteiger partial charge is 0.289 e. The van der Waals surface area contributed by atoms with Crippen LogP contribution in [0, 0.1) is 12.8 Å². The predicted molar refractivity (Wildman–Crippen MR) is 124 cm³/mol. The van der Waals surface area contributed by atoms with Gasteiger partial charge < -0.3 is 16.0 Å². The van der Waals surface area contributed by atoms with Gasteiger partial charge in [-0.15, -0.1) is 0 Å². The van der Waals surface area contributed by atoms with E-state index in [1.807, 2.05) is 12.1 Å². The van der Waals surface area contributed by atoms with Gasteiger partial charge in [0.25, 0.3) is 5.91 Å². The minimum absolute atomic E-state index is 0.187. The van der Waals surface area contributed by atoms with Crippen molar-refractivity contribution in [3.05, 3.63) is 29.6 Å². The molecule has 1 aromatic carbocycles. The fraction of sp³-hybridized carbons (Fsp3) is 0.583. The second-order valence-corrected chi connectivity index (χ2v) is 9.28. The molecule has 0 unspecified atom stereocenters. The van der Waals surface area contributed by atoms with E-state index in [0.29, 0.717) is 12.5 Å². The number of nitrogens with one attached hydrogen (secondary N) is 3. The van der Waals surface area contributed by atoms with Crippen molar-refractivity contribution in [1.82, 2.24) is 20.6 Å². The van der Waals surface area contributed by atoms with Crippen LogP contribution in [0.5, 0.6) is 0 Å². The van der Waals surface area contributed by atoms with Gasteiger partial charge in [-0.1, -0.05) is 24.5 Å². The number of hydrogen-bond donors (Lipinski definition) is 3. The number of aliphatic imine (C=N–C) groups is 1. The Balaban J connectivity index is 1.44. The number of hydrogen-bond acceptors (Lipinski definition) is 5. The molecule has 1 aromatic heterocycles. The molecule has 3 N–H and O–H groups in total. The molecule has 1 amide bonds. The molecule has 7 heteroatoms. The molecular weight excluding hydrogens is 388 g/mol. The highest BCUT2D eigenvalue weighted by atomic mass is 16.2. The number of amides is 1. The van der Waals surface area contributed by atoms with Crippen LogP contribution in [0.4, 0.5) is 5.82 Å². The van der Waals surface area contributed by atoms with Crippen LogP contribution in [0.25, 0.3) is 10.9 Å². The first kappa shape index (κ1) is 20.2. The van der Waals surface area contributed by atoms with Gasteiger partial charge in [0.05, 0.1) is 17.4 Å². The number of anilines is 1. The number of aromatic nitrogens is 2. The molecule has 3 aliphatic rings. The molecule has 2 aliphatic carbocycles. The lowest BCUT2D eigenvalue weighted by Crippen LogP contribution is -2.37. The lowest BCUT2D eigenvalue weighted by atomic mass is 9.90. The summed E-state index contributed by atoms with van der Waals surface area (Å²) in [6, 6.07) is 6.56. The van der Waals surface area contributed by atoms with Crippen molar-refractivity contribution in [2.24, 2.45) is 10.9 Å². The quantitative estimate of drug-likeness (QED) is 0.664. The van der Waals surface area contributed by atoms with Gasteiger partial charge >= 0.3 is 0 Å². The van der Waals surface area contributed by atoms with Crippen LogP contribution in [-0.4, -0.2) is 46.9 Å². The van der Waals surface area contributed by atoms with Crippen molar-refractivity contribution in [1.29, 1.82) is 0 Å². The zero-order valence-electron chi connectivity index (χ0n) is 18.3. The third kappa shape index (κ3) is 4.81. The molecule has 5 rings (SSSR count). The average Bonchev–Trinajstić information content (AvgIpc) is 3.47. The van der Waals surface area contributed by atoms with E-state index in [1.54, 1.807) is 0 Å². The Kier molecular flexibility index (Phi) is 5.74. The minimum Gasteiger partial charge on any atom is -0.374 e. The third-order valence-electron chi connectivity index (χ3n) is 6.60. The molecule has 0 radical (unpaired) electrons. The Morgan fingerprint density at radius 1 is 1.16 bits per heavy atom. The molecule has 0 spiro atoms. The van der Waals surface area contributed by atoms with E-state index >= 15 is 0 Å². The van der Waals surface area contributed by atoms with Crippen LogP contribution in [0.1, 0.15) is 67.5 Å². The molecular formula is C24H32N6O. The van der Waals surface area contributed by atoms with Crippen LogP contribution >= 0.6 is 0 Å². The zero-order valence-corrected chi connectivity index (χ0v) is 18.3. The summed E-state index contributed by atoms with van der Waals surface area (Å²) in [5.74, 6) is 2.57. The number of carbonyl (C=O) groups is 1. The molecule has 1 saturated heterocycles. The molecule has 31 heavy (non-hydrogen) atoms. The number of fused-ring (bicyclic) bond motifs is 1. The highest BCUT2D eigenvalue weighted by Gasteiger charge is 2.28. The summed E-state index contributed by atoms with van der Waals surface area (Å²) in [7, 11) is 0. The molecule has 7 nitrogen and oxygen atoms in total. The molecule has 3 fully saturated rings. The van der Waals surface area contributed by atoms with Gasteiger partial charge in [-0.3, -0.25) is 9.79 Å². The Bertz CT molecular complexity index is 991. The Labute approximate surface area is 183 Å². The maximum atomic E-state index is 12.7. The van der Waals surface area contributed by atoms with Crippen molar-refractivity contribution in [2.75, 3.05) is 18.4 Å². The van der Waals surface area contributed by atoms with Crippen molar-refractivity contribution in [2.45, 2.75) is 70.4 Å². The largest absolute Gasteiger partial charge is 0.374 e. The van der Waals surface area contributed by atoms with Crippen LogP contribution < -0.4 is 16.0 Å². The summed E-state index contributed by atoms with van der Waals surface area (Å²) in [6.45, 7) is 3.81. The number of aryl methyl sites for hydroxylation is 1. The Hall–Kier alpha value is -2.70. The second kappa shape index (κ2) is 8.81. The summed E-state index contributed by atoms with van der Waals surface area (Å²) < 4.78 is 0. The van der Waals surface area contributed by atoms with E-state index in [0.717, 1.165) is 53.9 Å². The van der Waals surface area contributed by atoms with Crippen LogP contribution in [-0.2, 0) is 0 Å². The first-order valence-electron chi connectivity index (χ1n) is 11.8. The molecule has 2 aromatic rings. The zero-order chi connectivity index (χ0) is 21.2. The number of nitrogens with zero attached hydrogens (tertiary/aromatic N) is 3. The summed E-state index contributed by atoms with van der Waals surface area (Å²) >= 11 is 0. The van der Waals surface area contributed by atoms with Crippen LogP contribution in [0.2, 0.25) is 0 Å². The summed E-state index contributed by atoms with van der Waals surface area (Å²) in [5, 5.41) is 11.1. The fourth-order valence-electron chi connectivity index (χ4n) is 4.59. The lowest BCUT2D eigenvalue weighted by molar-refractivity contribution is 0.0942. The van der Waals surface area contributed by atoms with Crippen molar-refractivity contribution >= 4 is 28.5 Å². The molecule has 2 saturated carbocycles. The molecule has 1 aliphatic heterocycles. The highest BCUT2D eigenvalue weighted by molar-refractivity contribution is 5.96. The van der Waals surface area contributed by atoms with Crippen molar-refractivity contribution < 1.29 is 4.79 Å². The van der Waals surface area contributed by atoms with Gasteiger partial charge in [0, 0.05) is 30.9 Å². The van der Waals surface area contributed by atoms with E-state index in [2.05, 4.69) is 33.9 Å². The molecule has 2 heterocycles. The number of rotatable bonds is 6. The number of carbonyl (C=O) groups excluding carboxylic acids is 1. The average molecular weight is 421 g/mol. The summed E-state index contributed by atoms with van der Waals surface area (Å²) in [6.07, 6.45) is 9.14. The number of amidine groups is 1. The van der Waals surface area contributed by atoms with E-state index in [4.69, 9.17) is 9.98 Å². The van der Waals surface area contributed by atoms with E-state index in [-0.39, 0.29) is 23.8 Å². The van der Waals surface area contributed by atoms with E-state index in [9.17, 15) is 4.79 Å². The van der Waals surface area contributed by atoms with Gasteiger partial charge in [-0.2, -0.15) is 0 Å². The predicted octanol–water partition coefficient (Wildman–Crippen LogP) is 3.58. The van der Waals surface area contributed by atoms with Gasteiger partial charge in [0.1, 0.15) is 5.82 Å². The van der Waals surface area contributed by atoms with Gasteiger partial charge in [-0.05, 0) is 57.1 Å². The summed E-state index contributed by atoms with van der Waals surface area (Å²) in [5.41, 5.74) is 1.96. The Morgan fingerprint density at radius 3 is 2.84 bits per heavy atom. The second-order valence-electron chi connectivity index (χ2n) is 9.28. The molecule has 164 valence electrons. The molecule has 0 bridgehead atoms. The monoisotopic (exact) mass is 420 g/mol. The highest BCUT2D eigenvalue weighted by Crippen LogP contribution is 2.29. The van der Waals surface area contributed by atoms with Crippen LogP contribution in [0.15, 0.2) is 23.2 Å². The SMILES string of the molecule is Cc1ccc2nc(C(=O)NCC3CC3)nc(N[C@H]3CCCC[C@H]3N=C3CCCN3)c2c1.